The maximum Gasteiger partial charge on any atom is 0.149 e. The lowest BCUT2D eigenvalue weighted by Crippen LogP contribution is -1.87. The summed E-state index contributed by atoms with van der Waals surface area (Å²) in [5.74, 6) is -0.391. The van der Waals surface area contributed by atoms with Gasteiger partial charge in [-0.1, -0.05) is 23.2 Å². The van der Waals surface area contributed by atoms with Gasteiger partial charge in [0.15, 0.2) is 0 Å². The average Bonchev–Trinajstić information content (AvgIpc) is 1.88. The van der Waals surface area contributed by atoms with Crippen molar-refractivity contribution < 1.29 is 4.39 Å². The number of hydrogen-bond acceptors (Lipinski definition) is 1. The van der Waals surface area contributed by atoms with Gasteiger partial charge in [-0.3, -0.25) is 4.98 Å². The van der Waals surface area contributed by atoms with Crippen molar-refractivity contribution in [3.63, 3.8) is 0 Å². The molecule has 1 aromatic heterocycles. The highest BCUT2D eigenvalue weighted by Gasteiger charge is 2.03. The molecule has 0 bridgehead atoms. The summed E-state index contributed by atoms with van der Waals surface area (Å²) in [4.78, 5) is 2.96. The van der Waals surface area contributed by atoms with E-state index in [1.54, 1.807) is 0 Å². The van der Waals surface area contributed by atoms with Gasteiger partial charge in [-0.25, -0.2) is 4.39 Å². The molecule has 0 aliphatic rings. The fraction of sp³-hybridized carbons (Fsp3) is 0.167. The fourth-order valence-electron chi connectivity index (χ4n) is 0.516. The summed E-state index contributed by atoms with van der Waals surface area (Å²) in [6, 6.07) is 2.71. The molecule has 0 radical (unpaired) electrons. The van der Waals surface area contributed by atoms with Gasteiger partial charge in [0, 0.05) is 0 Å². The van der Waals surface area contributed by atoms with Crippen molar-refractivity contribution in [1.29, 1.82) is 0 Å². The van der Waals surface area contributed by atoms with Crippen LogP contribution in [-0.2, 0) is 0 Å². The van der Waals surface area contributed by atoms with Gasteiger partial charge in [-0.05, 0) is 12.1 Å². The lowest BCUT2D eigenvalue weighted by Gasteiger charge is -1.97. The molecule has 0 saturated heterocycles. The monoisotopic (exact) mass is 179 g/mol. The lowest BCUT2D eigenvalue weighted by atomic mass is 10.4. The Kier molecular flexibility index (Phi) is 2.46. The van der Waals surface area contributed by atoms with Crippen molar-refractivity contribution in [2.45, 2.75) is 4.84 Å². The maximum absolute atomic E-state index is 12.2. The molecule has 0 N–H and O–H groups in total. The van der Waals surface area contributed by atoms with E-state index in [-0.39, 0.29) is 0 Å². The Hall–Kier alpha value is -0.340. The van der Waals surface area contributed by atoms with E-state index >= 15 is 0 Å². The lowest BCUT2D eigenvalue weighted by molar-refractivity contribution is 0.620. The predicted octanol–water partition coefficient (Wildman–Crippen LogP) is 2.70. The second kappa shape index (κ2) is 3.17. The highest BCUT2D eigenvalue weighted by Crippen LogP contribution is 2.21. The van der Waals surface area contributed by atoms with E-state index in [9.17, 15) is 4.39 Å². The number of rotatable bonds is 1. The van der Waals surface area contributed by atoms with Crippen molar-refractivity contribution in [2.75, 3.05) is 0 Å². The second-order valence-corrected chi connectivity index (χ2v) is 2.80. The largest absolute Gasteiger partial charge is 0.255 e. The first-order valence-corrected chi connectivity index (χ1v) is 3.47. The third kappa shape index (κ3) is 1.82. The topological polar surface area (TPSA) is 12.9 Å². The molecule has 10 heavy (non-hydrogen) atoms. The van der Waals surface area contributed by atoms with Gasteiger partial charge in [-0.2, -0.15) is 0 Å². The number of halogens is 3. The van der Waals surface area contributed by atoms with Gasteiger partial charge in [0.1, 0.15) is 10.7 Å². The quantitative estimate of drug-likeness (QED) is 0.605. The van der Waals surface area contributed by atoms with Crippen molar-refractivity contribution in [2.24, 2.45) is 0 Å². The molecule has 0 amide bonds. The van der Waals surface area contributed by atoms with E-state index < -0.39 is 10.7 Å². The van der Waals surface area contributed by atoms with Crippen LogP contribution in [0.3, 0.4) is 0 Å². The Bertz CT molecular complexity index is 209. The number of alkyl halides is 2. The minimum absolute atomic E-state index is 0.391. The molecule has 0 spiro atoms. The van der Waals surface area contributed by atoms with Crippen LogP contribution in [0.1, 0.15) is 10.5 Å². The normalized spacial score (nSPS) is 10.4. The molecule has 0 aliphatic carbocycles. The zero-order valence-corrected chi connectivity index (χ0v) is 6.40. The van der Waals surface area contributed by atoms with Crippen LogP contribution in [0.4, 0.5) is 4.39 Å². The molecule has 4 heteroatoms. The molecule has 0 atom stereocenters. The van der Waals surface area contributed by atoms with Gasteiger partial charge in [0.25, 0.3) is 0 Å². The highest BCUT2D eigenvalue weighted by atomic mass is 35.5. The van der Waals surface area contributed by atoms with Crippen LogP contribution in [0.25, 0.3) is 0 Å². The molecule has 0 aliphatic heterocycles. The zero-order chi connectivity index (χ0) is 7.56. The van der Waals surface area contributed by atoms with E-state index in [4.69, 9.17) is 23.2 Å². The van der Waals surface area contributed by atoms with E-state index in [0.717, 1.165) is 6.20 Å². The molecule has 1 aromatic rings. The van der Waals surface area contributed by atoms with Gasteiger partial charge >= 0.3 is 0 Å². The Balaban J connectivity index is 2.89. The van der Waals surface area contributed by atoms with E-state index in [1.165, 1.54) is 12.1 Å². The van der Waals surface area contributed by atoms with E-state index in [2.05, 4.69) is 4.98 Å². The fourth-order valence-corrected chi connectivity index (χ4v) is 0.775. The maximum atomic E-state index is 12.2. The Labute approximate surface area is 67.8 Å². The van der Waals surface area contributed by atoms with Crippen LogP contribution in [0.15, 0.2) is 18.3 Å². The smallest absolute Gasteiger partial charge is 0.149 e. The summed E-state index contributed by atoms with van der Waals surface area (Å²) in [5.41, 5.74) is 0.463. The Morgan fingerprint density at radius 2 is 2.10 bits per heavy atom. The molecule has 54 valence electrons. The van der Waals surface area contributed by atoms with Crippen LogP contribution < -0.4 is 0 Å². The molecular formula is C6H4Cl2FN. The summed E-state index contributed by atoms with van der Waals surface area (Å²) in [5, 5.41) is 0. The zero-order valence-electron chi connectivity index (χ0n) is 4.89. The Morgan fingerprint density at radius 3 is 2.50 bits per heavy atom. The summed E-state index contributed by atoms with van der Waals surface area (Å²) in [6.07, 6.45) is 1.08. The molecule has 1 nitrogen and oxygen atoms in total. The van der Waals surface area contributed by atoms with Crippen LogP contribution in [-0.4, -0.2) is 4.98 Å². The third-order valence-corrected chi connectivity index (χ3v) is 1.42. The summed E-state index contributed by atoms with van der Waals surface area (Å²) < 4.78 is 12.2. The molecule has 1 rings (SSSR count). The van der Waals surface area contributed by atoms with Crippen molar-refractivity contribution in [3.05, 3.63) is 29.8 Å². The van der Waals surface area contributed by atoms with Gasteiger partial charge < -0.3 is 0 Å². The minimum atomic E-state index is -0.680. The van der Waals surface area contributed by atoms with Gasteiger partial charge in [0.05, 0.1) is 11.9 Å². The standard InChI is InChI=1S/C6H4Cl2FN/c7-6(8)5-2-1-4(9)3-10-5/h1-3,6H. The first-order valence-electron chi connectivity index (χ1n) is 2.60. The molecule has 0 saturated carbocycles. The van der Waals surface area contributed by atoms with Crippen LogP contribution in [0.5, 0.6) is 0 Å². The predicted molar refractivity (Wildman–Crippen MR) is 38.6 cm³/mol. The first-order chi connectivity index (χ1) is 4.70. The average molecular weight is 180 g/mol. The van der Waals surface area contributed by atoms with E-state index in [0.29, 0.717) is 5.69 Å². The molecule has 1 heterocycles. The van der Waals surface area contributed by atoms with Crippen molar-refractivity contribution in [1.82, 2.24) is 4.98 Å². The van der Waals surface area contributed by atoms with Crippen LogP contribution in [0, 0.1) is 5.82 Å². The number of hydrogen-bond donors (Lipinski definition) is 0. The van der Waals surface area contributed by atoms with E-state index in [1.807, 2.05) is 0 Å². The summed E-state index contributed by atoms with van der Waals surface area (Å²) in [7, 11) is 0. The third-order valence-electron chi connectivity index (χ3n) is 0.974. The SMILES string of the molecule is Fc1ccc(C(Cl)Cl)nc1. The van der Waals surface area contributed by atoms with Crippen LogP contribution in [0.2, 0.25) is 0 Å². The molecule has 0 aromatic carbocycles. The van der Waals surface area contributed by atoms with Crippen molar-refractivity contribution >= 4 is 23.2 Å². The van der Waals surface area contributed by atoms with Gasteiger partial charge in [0.2, 0.25) is 0 Å². The molecule has 0 fully saturated rings. The van der Waals surface area contributed by atoms with Crippen molar-refractivity contribution in [3.8, 4) is 0 Å². The summed E-state index contributed by atoms with van der Waals surface area (Å²) in [6.45, 7) is 0. The molecule has 0 unspecified atom stereocenters. The second-order valence-electron chi connectivity index (χ2n) is 1.70. The molecular weight excluding hydrogens is 176 g/mol. The van der Waals surface area contributed by atoms with Gasteiger partial charge in [-0.15, -0.1) is 0 Å². The minimum Gasteiger partial charge on any atom is -0.255 e. The summed E-state index contributed by atoms with van der Waals surface area (Å²) >= 11 is 10.9. The number of nitrogens with zero attached hydrogens (tertiary/aromatic N) is 1. The Morgan fingerprint density at radius 1 is 1.40 bits per heavy atom. The number of pyridine rings is 1. The van der Waals surface area contributed by atoms with Crippen LogP contribution >= 0.6 is 23.2 Å². The first kappa shape index (κ1) is 7.76. The highest BCUT2D eigenvalue weighted by molar-refractivity contribution is 6.43. The number of aromatic nitrogens is 1.